The van der Waals surface area contributed by atoms with Crippen LogP contribution in [0.5, 0.6) is 0 Å². The summed E-state index contributed by atoms with van der Waals surface area (Å²) < 4.78 is 0. The highest BCUT2D eigenvalue weighted by molar-refractivity contribution is 6.17. The fourth-order valence-electron chi connectivity index (χ4n) is 1.46. The highest BCUT2D eigenvalue weighted by atomic mass is 16.4. The summed E-state index contributed by atoms with van der Waals surface area (Å²) in [5.74, 6) is -3.43. The molecule has 76 valence electrons. The third kappa shape index (κ3) is 1.20. The lowest BCUT2D eigenvalue weighted by atomic mass is 9.81. The molecule has 0 saturated heterocycles. The number of carboxylic acid groups (broad SMARTS) is 2. The molecule has 1 aliphatic heterocycles. The molecule has 0 atom stereocenters. The van der Waals surface area contributed by atoms with Crippen molar-refractivity contribution in [3.63, 3.8) is 0 Å². The molecule has 1 heterocycles. The van der Waals surface area contributed by atoms with Gasteiger partial charge in [-0.1, -0.05) is 12.2 Å². The van der Waals surface area contributed by atoms with E-state index in [2.05, 4.69) is 4.99 Å². The number of rotatable bonds is 2. The normalized spacial score (nSPS) is 20.5. The largest absolute Gasteiger partial charge is 0.548 e. The second-order valence-corrected chi connectivity index (χ2v) is 3.21. The van der Waals surface area contributed by atoms with Gasteiger partial charge in [-0.15, -0.1) is 0 Å². The van der Waals surface area contributed by atoms with Crippen LogP contribution in [0.4, 0.5) is 0 Å². The van der Waals surface area contributed by atoms with Gasteiger partial charge in [0.15, 0.2) is 0 Å². The topological polar surface area (TPSA) is 92.6 Å². The molecular weight excluding hydrogens is 198 g/mol. The first kappa shape index (κ1) is 9.39. The van der Waals surface area contributed by atoms with E-state index in [0.29, 0.717) is 11.3 Å². The van der Waals surface area contributed by atoms with E-state index in [0.717, 1.165) is 12.2 Å². The zero-order valence-corrected chi connectivity index (χ0v) is 7.47. The Hall–Kier alpha value is -2.17. The fraction of sp³-hybridized carbons (Fsp3) is 0.100. The van der Waals surface area contributed by atoms with Gasteiger partial charge in [-0.25, -0.2) is 0 Å². The summed E-state index contributed by atoms with van der Waals surface area (Å²) in [7, 11) is 0. The van der Waals surface area contributed by atoms with Crippen molar-refractivity contribution < 1.29 is 19.8 Å². The first-order valence-electron chi connectivity index (χ1n) is 4.16. The third-order valence-corrected chi connectivity index (χ3v) is 2.33. The Labute approximate surface area is 84.8 Å². The molecule has 5 heteroatoms. The maximum atomic E-state index is 10.8. The molecule has 0 aromatic heterocycles. The predicted molar refractivity (Wildman–Crippen MR) is 46.2 cm³/mol. The third-order valence-electron chi connectivity index (χ3n) is 2.33. The monoisotopic (exact) mass is 203 g/mol. The second-order valence-electron chi connectivity index (χ2n) is 3.21. The van der Waals surface area contributed by atoms with Gasteiger partial charge < -0.3 is 19.8 Å². The Morgan fingerprint density at radius 3 is 2.47 bits per heavy atom. The molecule has 2 aliphatic rings. The maximum absolute atomic E-state index is 10.8. The lowest BCUT2D eigenvalue weighted by molar-refractivity contribution is -0.335. The average molecular weight is 203 g/mol. The van der Waals surface area contributed by atoms with E-state index in [1.54, 1.807) is 0 Å². The Kier molecular flexibility index (Phi) is 1.82. The van der Waals surface area contributed by atoms with Gasteiger partial charge >= 0.3 is 0 Å². The van der Waals surface area contributed by atoms with Gasteiger partial charge in [0.05, 0.1) is 23.1 Å². The molecule has 0 aromatic rings. The van der Waals surface area contributed by atoms with Crippen LogP contribution in [0.2, 0.25) is 0 Å². The summed E-state index contributed by atoms with van der Waals surface area (Å²) in [5, 5.41) is 21.6. The molecule has 0 radical (unpaired) electrons. The van der Waals surface area contributed by atoms with Crippen molar-refractivity contribution in [1.82, 2.24) is 0 Å². The van der Waals surface area contributed by atoms with E-state index < -0.39 is 17.4 Å². The number of carboxylic acids is 2. The van der Waals surface area contributed by atoms with Crippen LogP contribution < -0.4 is 10.2 Å². The van der Waals surface area contributed by atoms with Crippen molar-refractivity contribution >= 4 is 17.7 Å². The summed E-state index contributed by atoms with van der Waals surface area (Å²) in [6, 6.07) is 0. The molecule has 0 N–H and O–H groups in total. The van der Waals surface area contributed by atoms with Crippen LogP contribution in [0.3, 0.4) is 0 Å². The number of nitrogens with zero attached hydrogens (tertiary/aromatic N) is 1. The van der Waals surface area contributed by atoms with Crippen LogP contribution in [0.15, 0.2) is 41.1 Å². The van der Waals surface area contributed by atoms with E-state index in [-0.39, 0.29) is 0 Å². The second kappa shape index (κ2) is 2.91. The van der Waals surface area contributed by atoms with Gasteiger partial charge in [0.2, 0.25) is 0 Å². The van der Waals surface area contributed by atoms with Crippen molar-refractivity contribution in [3.05, 3.63) is 36.1 Å². The molecule has 2 rings (SSSR count). The first-order chi connectivity index (χ1) is 7.06. The first-order valence-corrected chi connectivity index (χ1v) is 4.16. The van der Waals surface area contributed by atoms with E-state index in [4.69, 9.17) is 0 Å². The van der Waals surface area contributed by atoms with Gasteiger partial charge in [0.25, 0.3) is 0 Å². The summed E-state index contributed by atoms with van der Waals surface area (Å²) in [5.41, 5.74) is -1.21. The minimum absolute atomic E-state index is 0.450. The SMILES string of the molecule is O=C([O-])C1(C(=O)[O-])C=CC2=NC=CC2=C1. The number of carbonyl (C=O) groups excluding carboxylic acids is 2. The maximum Gasteiger partial charge on any atom is 0.0867 e. The fourth-order valence-corrected chi connectivity index (χ4v) is 1.46. The van der Waals surface area contributed by atoms with E-state index in [9.17, 15) is 19.8 Å². The van der Waals surface area contributed by atoms with Crippen molar-refractivity contribution in [2.75, 3.05) is 0 Å². The zero-order chi connectivity index (χ0) is 11.1. The predicted octanol–water partition coefficient (Wildman–Crippen LogP) is -2.06. The Morgan fingerprint density at radius 2 is 1.87 bits per heavy atom. The highest BCUT2D eigenvalue weighted by Crippen LogP contribution is 2.29. The molecule has 0 bridgehead atoms. The molecule has 0 saturated carbocycles. The van der Waals surface area contributed by atoms with Gasteiger partial charge in [0, 0.05) is 6.20 Å². The minimum Gasteiger partial charge on any atom is -0.548 e. The van der Waals surface area contributed by atoms with E-state index in [1.807, 2.05) is 0 Å². The molecule has 0 amide bonds. The molecule has 1 aliphatic carbocycles. The van der Waals surface area contributed by atoms with Crippen molar-refractivity contribution in [2.45, 2.75) is 0 Å². The molecule has 0 aromatic carbocycles. The number of carbonyl (C=O) groups is 2. The number of aliphatic imine (C=N–C) groups is 1. The van der Waals surface area contributed by atoms with Crippen LogP contribution in [-0.2, 0) is 9.59 Å². The minimum atomic E-state index is -2.19. The number of hydrogen-bond donors (Lipinski definition) is 0. The molecule has 5 nitrogen and oxygen atoms in total. The average Bonchev–Trinajstić information content (AvgIpc) is 2.62. The van der Waals surface area contributed by atoms with Gasteiger partial charge in [-0.2, -0.15) is 0 Å². The van der Waals surface area contributed by atoms with Crippen LogP contribution in [-0.4, -0.2) is 17.7 Å². The Bertz CT molecular complexity index is 454. The number of aliphatic carboxylic acids is 2. The quantitative estimate of drug-likeness (QED) is 0.482. The number of allylic oxidation sites excluding steroid dienone is 3. The van der Waals surface area contributed by atoms with Crippen LogP contribution >= 0.6 is 0 Å². The van der Waals surface area contributed by atoms with Crippen molar-refractivity contribution in [3.8, 4) is 0 Å². The van der Waals surface area contributed by atoms with Gasteiger partial charge in [-0.3, -0.25) is 4.99 Å². The Morgan fingerprint density at radius 1 is 1.20 bits per heavy atom. The summed E-state index contributed by atoms with van der Waals surface area (Å²) in [4.78, 5) is 25.5. The van der Waals surface area contributed by atoms with Gasteiger partial charge in [0.1, 0.15) is 0 Å². The molecule has 0 spiro atoms. The molecule has 0 unspecified atom stereocenters. The van der Waals surface area contributed by atoms with Crippen LogP contribution in [0, 0.1) is 5.41 Å². The van der Waals surface area contributed by atoms with Crippen LogP contribution in [0.25, 0.3) is 0 Å². The lowest BCUT2D eigenvalue weighted by Gasteiger charge is -2.32. The smallest absolute Gasteiger partial charge is 0.0867 e. The van der Waals surface area contributed by atoms with Crippen molar-refractivity contribution in [2.24, 2.45) is 10.4 Å². The number of fused-ring (bicyclic) bond motifs is 1. The number of hydrogen-bond acceptors (Lipinski definition) is 5. The standard InChI is InChI=1S/C10H7NO4/c12-8(13)10(9(14)15)3-1-7-6(5-10)2-4-11-7/h1-5H,(H,12,13)(H,14,15)/p-2. The highest BCUT2D eigenvalue weighted by Gasteiger charge is 2.32. The summed E-state index contributed by atoms with van der Waals surface area (Å²) in [6.45, 7) is 0. The molecule has 0 fully saturated rings. The summed E-state index contributed by atoms with van der Waals surface area (Å²) in [6.07, 6.45) is 6.40. The van der Waals surface area contributed by atoms with Crippen molar-refractivity contribution in [1.29, 1.82) is 0 Å². The van der Waals surface area contributed by atoms with Crippen LogP contribution in [0.1, 0.15) is 0 Å². The summed E-state index contributed by atoms with van der Waals surface area (Å²) >= 11 is 0. The van der Waals surface area contributed by atoms with Gasteiger partial charge in [-0.05, 0) is 17.7 Å². The Balaban J connectivity index is 2.55. The lowest BCUT2D eigenvalue weighted by Crippen LogP contribution is -2.52. The zero-order valence-electron chi connectivity index (χ0n) is 7.47. The van der Waals surface area contributed by atoms with E-state index in [1.165, 1.54) is 18.4 Å². The van der Waals surface area contributed by atoms with E-state index >= 15 is 0 Å². The molecular formula is C10H5NO4-2. The molecule has 15 heavy (non-hydrogen) atoms.